The summed E-state index contributed by atoms with van der Waals surface area (Å²) in [4.78, 5) is 11.4. The first kappa shape index (κ1) is 16.9. The highest BCUT2D eigenvalue weighted by Crippen LogP contribution is 2.26. The maximum Gasteiger partial charge on any atom is 0.240 e. The summed E-state index contributed by atoms with van der Waals surface area (Å²) in [6.45, 7) is 3.98. The first-order valence-electron chi connectivity index (χ1n) is 8.31. The lowest BCUT2D eigenvalue weighted by Gasteiger charge is -1.99. The molecule has 0 amide bonds. The molecule has 3 heterocycles. The molecule has 4 aromatic rings. The minimum Gasteiger partial charge on any atom is -0.383 e. The number of imidazole rings is 1. The van der Waals surface area contributed by atoms with Crippen LogP contribution in [0.3, 0.4) is 0 Å². The van der Waals surface area contributed by atoms with E-state index in [2.05, 4.69) is 33.0 Å². The maximum atomic E-state index is 5.31. The molecule has 8 heteroatoms. The van der Waals surface area contributed by atoms with Gasteiger partial charge in [-0.2, -0.15) is 4.98 Å². The molecule has 0 aliphatic heterocycles. The molecule has 0 saturated heterocycles. The predicted molar refractivity (Wildman–Crippen MR) is 100 cm³/mol. The van der Waals surface area contributed by atoms with E-state index in [9.17, 15) is 0 Å². The van der Waals surface area contributed by atoms with Crippen molar-refractivity contribution in [1.82, 2.24) is 24.8 Å². The zero-order valence-corrected chi connectivity index (χ0v) is 15.4. The van der Waals surface area contributed by atoms with E-state index in [0.717, 1.165) is 28.3 Å². The topological polar surface area (TPSA) is 77.5 Å². The van der Waals surface area contributed by atoms with Crippen LogP contribution in [0.15, 0.2) is 41.2 Å². The average Bonchev–Trinajstić information content (AvgIpc) is 3.33. The van der Waals surface area contributed by atoms with Gasteiger partial charge in [-0.15, -0.1) is 11.3 Å². The number of benzene rings is 1. The van der Waals surface area contributed by atoms with Crippen molar-refractivity contribution in [2.75, 3.05) is 20.3 Å². The first-order valence-corrected chi connectivity index (χ1v) is 9.13. The number of aromatic nitrogens is 4. The van der Waals surface area contributed by atoms with Gasteiger partial charge in [-0.05, 0) is 13.0 Å². The minimum atomic E-state index is 0.521. The van der Waals surface area contributed by atoms with Gasteiger partial charge in [0, 0.05) is 42.1 Å². The fourth-order valence-corrected chi connectivity index (χ4v) is 3.49. The lowest BCUT2D eigenvalue weighted by Crippen LogP contribution is -2.18. The van der Waals surface area contributed by atoms with Crippen LogP contribution in [0.25, 0.3) is 27.6 Å². The van der Waals surface area contributed by atoms with Crippen LogP contribution in [0.5, 0.6) is 0 Å². The molecule has 0 atom stereocenters. The third-order valence-corrected chi connectivity index (χ3v) is 4.83. The molecular weight excluding hydrogens is 350 g/mol. The summed E-state index contributed by atoms with van der Waals surface area (Å²) < 4.78 is 12.4. The van der Waals surface area contributed by atoms with Crippen LogP contribution >= 0.6 is 11.3 Å². The van der Waals surface area contributed by atoms with E-state index in [1.807, 2.05) is 30.5 Å². The molecule has 0 unspecified atom stereocenters. The molecule has 0 saturated carbocycles. The second-order valence-electron chi connectivity index (χ2n) is 5.92. The van der Waals surface area contributed by atoms with Crippen molar-refractivity contribution in [3.05, 3.63) is 47.4 Å². The van der Waals surface area contributed by atoms with E-state index in [4.69, 9.17) is 14.2 Å². The zero-order chi connectivity index (χ0) is 17.9. The van der Waals surface area contributed by atoms with Gasteiger partial charge in [0.15, 0.2) is 4.96 Å². The minimum absolute atomic E-state index is 0.521. The van der Waals surface area contributed by atoms with E-state index >= 15 is 0 Å². The molecule has 134 valence electrons. The van der Waals surface area contributed by atoms with Gasteiger partial charge < -0.3 is 14.6 Å². The molecular formula is C18H19N5O2S. The average molecular weight is 369 g/mol. The van der Waals surface area contributed by atoms with E-state index in [1.54, 1.807) is 18.4 Å². The van der Waals surface area contributed by atoms with Crippen LogP contribution in [0, 0.1) is 6.92 Å². The Morgan fingerprint density at radius 2 is 2.12 bits per heavy atom. The highest BCUT2D eigenvalue weighted by Gasteiger charge is 2.11. The van der Waals surface area contributed by atoms with E-state index in [0.29, 0.717) is 24.9 Å². The predicted octanol–water partition coefficient (Wildman–Crippen LogP) is 3.16. The quantitative estimate of drug-likeness (QED) is 0.504. The number of rotatable bonds is 7. The Hall–Kier alpha value is -2.55. The Bertz CT molecular complexity index is 988. The van der Waals surface area contributed by atoms with E-state index in [1.165, 1.54) is 4.88 Å². The number of methoxy groups -OCH3 is 1. The normalized spacial score (nSPS) is 11.5. The van der Waals surface area contributed by atoms with Crippen LogP contribution in [0.1, 0.15) is 10.8 Å². The molecule has 0 aliphatic carbocycles. The van der Waals surface area contributed by atoms with Crippen LogP contribution in [-0.2, 0) is 11.3 Å². The van der Waals surface area contributed by atoms with Crippen LogP contribution in [0.2, 0.25) is 0 Å². The van der Waals surface area contributed by atoms with Gasteiger partial charge >= 0.3 is 0 Å². The zero-order valence-electron chi connectivity index (χ0n) is 14.6. The van der Waals surface area contributed by atoms with Crippen molar-refractivity contribution < 1.29 is 9.26 Å². The third-order valence-electron chi connectivity index (χ3n) is 3.92. The Morgan fingerprint density at radius 3 is 2.96 bits per heavy atom. The Labute approximate surface area is 154 Å². The third kappa shape index (κ3) is 3.52. The van der Waals surface area contributed by atoms with Gasteiger partial charge in [-0.3, -0.25) is 4.40 Å². The Kier molecular flexibility index (Phi) is 4.79. The monoisotopic (exact) mass is 369 g/mol. The van der Waals surface area contributed by atoms with Gasteiger partial charge in [-0.1, -0.05) is 23.4 Å². The first-order chi connectivity index (χ1) is 12.7. The fraction of sp³-hybridized carbons (Fsp3) is 0.278. The number of hydrogen-bond acceptors (Lipinski definition) is 7. The summed E-state index contributed by atoms with van der Waals surface area (Å²) in [5, 5.41) is 7.27. The summed E-state index contributed by atoms with van der Waals surface area (Å²) in [7, 11) is 1.67. The van der Waals surface area contributed by atoms with E-state index in [-0.39, 0.29) is 0 Å². The number of fused-ring (bicyclic) bond motifs is 1. The number of thiazole rings is 1. The van der Waals surface area contributed by atoms with E-state index < -0.39 is 0 Å². The number of nitrogens with zero attached hydrogens (tertiary/aromatic N) is 4. The summed E-state index contributed by atoms with van der Waals surface area (Å²) in [6, 6.07) is 8.03. The Morgan fingerprint density at radius 1 is 1.23 bits per heavy atom. The molecule has 1 aromatic carbocycles. The summed E-state index contributed by atoms with van der Waals surface area (Å²) >= 11 is 1.68. The molecule has 4 rings (SSSR count). The lowest BCUT2D eigenvalue weighted by molar-refractivity contribution is 0.197. The Balaban J connectivity index is 1.53. The van der Waals surface area contributed by atoms with Gasteiger partial charge in [-0.25, -0.2) is 4.98 Å². The van der Waals surface area contributed by atoms with Gasteiger partial charge in [0.05, 0.1) is 18.8 Å². The van der Waals surface area contributed by atoms with Crippen molar-refractivity contribution in [2.45, 2.75) is 13.5 Å². The lowest BCUT2D eigenvalue weighted by atomic mass is 10.1. The van der Waals surface area contributed by atoms with Crippen molar-refractivity contribution in [3.63, 3.8) is 0 Å². The van der Waals surface area contributed by atoms with Crippen LogP contribution in [-0.4, -0.2) is 39.8 Å². The van der Waals surface area contributed by atoms with Crippen molar-refractivity contribution >= 4 is 16.3 Å². The van der Waals surface area contributed by atoms with Gasteiger partial charge in [0.1, 0.15) is 0 Å². The number of ether oxygens (including phenoxy) is 1. The highest BCUT2D eigenvalue weighted by molar-refractivity contribution is 7.17. The molecule has 0 bridgehead atoms. The smallest absolute Gasteiger partial charge is 0.240 e. The second-order valence-corrected chi connectivity index (χ2v) is 7.13. The molecule has 7 nitrogen and oxygen atoms in total. The molecule has 0 radical (unpaired) electrons. The molecule has 0 spiro atoms. The molecule has 1 N–H and O–H groups in total. The standard InChI is InChI=1S/C18H19N5O2S/c1-12-10-23-11-15(20-18(23)26-12)13-4-3-5-14(8-13)17-21-16(25-22-17)9-19-6-7-24-2/h3-5,8,10-11,19H,6-7,9H2,1-2H3. The van der Waals surface area contributed by atoms with Crippen LogP contribution in [0.4, 0.5) is 0 Å². The summed E-state index contributed by atoms with van der Waals surface area (Å²) in [6.07, 6.45) is 4.13. The highest BCUT2D eigenvalue weighted by atomic mass is 32.1. The van der Waals surface area contributed by atoms with Crippen LogP contribution < -0.4 is 5.32 Å². The summed E-state index contributed by atoms with van der Waals surface area (Å²) in [5.74, 6) is 1.13. The van der Waals surface area contributed by atoms with Gasteiger partial charge in [0.2, 0.25) is 11.7 Å². The maximum absolute atomic E-state index is 5.31. The van der Waals surface area contributed by atoms with Crippen molar-refractivity contribution in [2.24, 2.45) is 0 Å². The second kappa shape index (κ2) is 7.36. The van der Waals surface area contributed by atoms with Crippen molar-refractivity contribution in [3.8, 4) is 22.6 Å². The van der Waals surface area contributed by atoms with Gasteiger partial charge in [0.25, 0.3) is 0 Å². The fourth-order valence-electron chi connectivity index (χ4n) is 2.68. The molecule has 0 fully saturated rings. The van der Waals surface area contributed by atoms with Crippen molar-refractivity contribution in [1.29, 1.82) is 0 Å². The largest absolute Gasteiger partial charge is 0.383 e. The number of nitrogens with one attached hydrogen (secondary N) is 1. The number of hydrogen-bond donors (Lipinski definition) is 1. The summed E-state index contributed by atoms with van der Waals surface area (Å²) in [5.41, 5.74) is 2.87. The molecule has 26 heavy (non-hydrogen) atoms. The molecule has 0 aliphatic rings. The SMILES string of the molecule is COCCNCc1nc(-c2cccc(-c3cn4cc(C)sc4n3)c2)no1. The molecule has 3 aromatic heterocycles. The number of aryl methyl sites for hydroxylation is 1.